The highest BCUT2D eigenvalue weighted by Gasteiger charge is 2.19. The second kappa shape index (κ2) is 17.4. The molecule has 278 valence electrons. The van der Waals surface area contributed by atoms with Gasteiger partial charge in [0.25, 0.3) is 0 Å². The fourth-order valence-electron chi connectivity index (χ4n) is 7.40. The summed E-state index contributed by atoms with van der Waals surface area (Å²) >= 11 is 0. The molecule has 9 rings (SSSR count). The third-order valence-corrected chi connectivity index (χ3v) is 10.3. The molecular weight excluding hydrogens is 703 g/mol. The summed E-state index contributed by atoms with van der Waals surface area (Å²) in [5, 5.41) is 14.0. The Kier molecular flexibility index (Phi) is 11.2. The van der Waals surface area contributed by atoms with Crippen LogP contribution < -0.4 is 9.80 Å². The highest BCUT2D eigenvalue weighted by atomic mass is 15.2. The topological polar surface area (TPSA) is 30.3 Å². The largest absolute Gasteiger partial charge is 0.310 e. The number of allylic oxidation sites excluding steroid dienone is 2. The highest BCUT2D eigenvalue weighted by molar-refractivity contribution is 6.08. The van der Waals surface area contributed by atoms with Crippen LogP contribution in [0.5, 0.6) is 0 Å². The van der Waals surface area contributed by atoms with E-state index in [0.29, 0.717) is 5.56 Å². The van der Waals surface area contributed by atoms with E-state index in [9.17, 15) is 5.26 Å². The Morgan fingerprint density at radius 3 is 1.14 bits per heavy atom. The number of anilines is 6. The zero-order chi connectivity index (χ0) is 39.7. The Bertz CT molecular complexity index is 2660. The molecule has 0 atom stereocenters. The van der Waals surface area contributed by atoms with Crippen LogP contribution >= 0.6 is 0 Å². The minimum absolute atomic E-state index is 0.678. The lowest BCUT2D eigenvalue weighted by molar-refractivity contribution is 1.25. The van der Waals surface area contributed by atoms with Crippen molar-refractivity contribution in [1.82, 2.24) is 0 Å². The second-order valence-electron chi connectivity index (χ2n) is 14.0. The Balaban J connectivity index is 0.00000112. The van der Waals surface area contributed by atoms with Gasteiger partial charge in [0.1, 0.15) is 0 Å². The second-order valence-corrected chi connectivity index (χ2v) is 14.0. The van der Waals surface area contributed by atoms with E-state index in [1.54, 1.807) is 0 Å². The van der Waals surface area contributed by atoms with Crippen molar-refractivity contribution in [2.45, 2.75) is 13.8 Å². The number of nitrogens with zero attached hydrogens (tertiary/aromatic N) is 3. The molecule has 0 aliphatic carbocycles. The molecule has 0 saturated carbocycles. The molecule has 3 heteroatoms. The average molecular weight is 746 g/mol. The lowest BCUT2D eigenvalue weighted by Gasteiger charge is -2.30. The molecule has 9 aromatic rings. The van der Waals surface area contributed by atoms with Crippen molar-refractivity contribution in [1.29, 1.82) is 5.26 Å². The summed E-state index contributed by atoms with van der Waals surface area (Å²) in [5.74, 6) is 0. The van der Waals surface area contributed by atoms with Crippen molar-refractivity contribution in [3.05, 3.63) is 230 Å². The van der Waals surface area contributed by atoms with Crippen molar-refractivity contribution in [2.75, 3.05) is 9.80 Å². The first-order valence-electron chi connectivity index (χ1n) is 19.6. The smallest absolute Gasteiger partial charge is 0.0991 e. The van der Waals surface area contributed by atoms with Crippen LogP contribution in [0, 0.1) is 11.3 Å². The lowest BCUT2D eigenvalue weighted by atomic mass is 9.95. The summed E-state index contributed by atoms with van der Waals surface area (Å²) in [7, 11) is 0. The summed E-state index contributed by atoms with van der Waals surface area (Å²) in [6.07, 6.45) is 4.00. The lowest BCUT2D eigenvalue weighted by Crippen LogP contribution is -2.13. The van der Waals surface area contributed by atoms with Crippen LogP contribution in [0.1, 0.15) is 19.4 Å². The predicted octanol–water partition coefficient (Wildman–Crippen LogP) is 15.7. The van der Waals surface area contributed by atoms with Gasteiger partial charge in [-0.3, -0.25) is 0 Å². The first kappa shape index (κ1) is 37.3. The zero-order valence-electron chi connectivity index (χ0n) is 32.7. The van der Waals surface area contributed by atoms with Crippen LogP contribution in [0.4, 0.5) is 34.1 Å². The van der Waals surface area contributed by atoms with Gasteiger partial charge >= 0.3 is 0 Å². The number of nitriles is 1. The number of rotatable bonds is 8. The molecule has 0 heterocycles. The van der Waals surface area contributed by atoms with Gasteiger partial charge in [-0.1, -0.05) is 140 Å². The van der Waals surface area contributed by atoms with E-state index in [4.69, 9.17) is 0 Å². The SMILES string of the molecule is C/C=C\C.N#Cc1ccc2c(ccc3cc(-c4ccc(-c5cc(N(c6ccccc6)c6ccccc6)cc(N(c6ccccc6)c6ccccc6)c5)cc4)ccc32)c1. The Morgan fingerprint density at radius 2 is 0.724 bits per heavy atom. The Hall–Kier alpha value is -7.67. The van der Waals surface area contributed by atoms with Crippen molar-refractivity contribution < 1.29 is 0 Å². The highest BCUT2D eigenvalue weighted by Crippen LogP contribution is 2.43. The third-order valence-electron chi connectivity index (χ3n) is 10.3. The third kappa shape index (κ3) is 8.00. The van der Waals surface area contributed by atoms with E-state index in [1.165, 1.54) is 10.8 Å². The summed E-state index contributed by atoms with van der Waals surface area (Å²) in [6, 6.07) is 77.2. The molecular formula is C55H43N3. The fraction of sp³-hybridized carbons (Fsp3) is 0.0364. The molecule has 0 fully saturated rings. The number of fused-ring (bicyclic) bond motifs is 3. The molecule has 0 aliphatic heterocycles. The van der Waals surface area contributed by atoms with E-state index in [-0.39, 0.29) is 0 Å². The number of benzene rings is 9. The van der Waals surface area contributed by atoms with Crippen LogP contribution in [0.2, 0.25) is 0 Å². The minimum atomic E-state index is 0.678. The van der Waals surface area contributed by atoms with Gasteiger partial charge in [0, 0.05) is 34.1 Å². The molecule has 0 saturated heterocycles. The number of para-hydroxylation sites is 4. The molecule has 0 spiro atoms. The zero-order valence-corrected chi connectivity index (χ0v) is 32.7. The standard InChI is InChI=1S/C51H35N3.C4H8/c52-36-37-21-29-50-41(31-37)26-27-42-32-40(28-30-51(42)50)38-22-24-39(25-23-38)43-33-48(53(44-13-5-1-6-14-44)45-15-7-2-8-16-45)35-49(34-43)54(46-17-9-3-10-18-46)47-19-11-4-12-20-47;1-3-4-2/h1-35H;3-4H,1-2H3/b;4-3-. The van der Waals surface area contributed by atoms with Crippen molar-refractivity contribution in [3.8, 4) is 28.3 Å². The Morgan fingerprint density at radius 1 is 0.345 bits per heavy atom. The summed E-state index contributed by atoms with van der Waals surface area (Å²) in [5.41, 5.74) is 11.7. The van der Waals surface area contributed by atoms with Crippen LogP contribution in [-0.2, 0) is 0 Å². The van der Waals surface area contributed by atoms with Crippen LogP contribution in [0.25, 0.3) is 43.8 Å². The maximum absolute atomic E-state index is 9.38. The average Bonchev–Trinajstić information content (AvgIpc) is 3.30. The van der Waals surface area contributed by atoms with E-state index >= 15 is 0 Å². The summed E-state index contributed by atoms with van der Waals surface area (Å²) < 4.78 is 0. The molecule has 0 radical (unpaired) electrons. The van der Waals surface area contributed by atoms with Gasteiger partial charge in [-0.2, -0.15) is 5.26 Å². The van der Waals surface area contributed by atoms with Crippen molar-refractivity contribution >= 4 is 55.7 Å². The first-order chi connectivity index (χ1) is 28.6. The van der Waals surface area contributed by atoms with Crippen molar-refractivity contribution in [2.24, 2.45) is 0 Å². The van der Waals surface area contributed by atoms with E-state index < -0.39 is 0 Å². The van der Waals surface area contributed by atoms with Crippen LogP contribution in [0.3, 0.4) is 0 Å². The van der Waals surface area contributed by atoms with Gasteiger partial charge in [0.05, 0.1) is 11.6 Å². The molecule has 0 unspecified atom stereocenters. The van der Waals surface area contributed by atoms with Crippen LogP contribution in [0.15, 0.2) is 224 Å². The summed E-state index contributed by atoms with van der Waals surface area (Å²) in [6.45, 7) is 4.00. The van der Waals surface area contributed by atoms with E-state index in [1.807, 2.05) is 38.1 Å². The van der Waals surface area contributed by atoms with Gasteiger partial charge in [0.2, 0.25) is 0 Å². The van der Waals surface area contributed by atoms with E-state index in [2.05, 4.69) is 216 Å². The molecule has 3 nitrogen and oxygen atoms in total. The number of hydrogen-bond acceptors (Lipinski definition) is 3. The predicted molar refractivity (Wildman–Crippen MR) is 247 cm³/mol. The maximum Gasteiger partial charge on any atom is 0.0991 e. The van der Waals surface area contributed by atoms with Gasteiger partial charge in [0.15, 0.2) is 0 Å². The quantitative estimate of drug-likeness (QED) is 0.115. The first-order valence-corrected chi connectivity index (χ1v) is 19.6. The maximum atomic E-state index is 9.38. The van der Waals surface area contributed by atoms with Gasteiger partial charge in [-0.15, -0.1) is 0 Å². The monoisotopic (exact) mass is 745 g/mol. The number of hydrogen-bond donors (Lipinski definition) is 0. The molecule has 0 bridgehead atoms. The molecule has 0 amide bonds. The minimum Gasteiger partial charge on any atom is -0.310 e. The molecule has 58 heavy (non-hydrogen) atoms. The van der Waals surface area contributed by atoms with Crippen molar-refractivity contribution in [3.63, 3.8) is 0 Å². The summed E-state index contributed by atoms with van der Waals surface area (Å²) in [4.78, 5) is 4.66. The molecule has 0 aromatic heterocycles. The van der Waals surface area contributed by atoms with Gasteiger partial charge < -0.3 is 9.80 Å². The normalized spacial score (nSPS) is 10.8. The molecule has 0 N–H and O–H groups in total. The van der Waals surface area contributed by atoms with E-state index in [0.717, 1.165) is 67.2 Å². The van der Waals surface area contributed by atoms with Crippen LogP contribution in [-0.4, -0.2) is 0 Å². The molecule has 0 aliphatic rings. The van der Waals surface area contributed by atoms with Gasteiger partial charge in [-0.05, 0) is 143 Å². The molecule has 9 aromatic carbocycles. The Labute approximate surface area is 341 Å². The fourth-order valence-corrected chi connectivity index (χ4v) is 7.40. The van der Waals surface area contributed by atoms with Gasteiger partial charge in [-0.25, -0.2) is 0 Å².